The zero-order chi connectivity index (χ0) is 8.48. The Hall–Kier alpha value is -0.0400. The van der Waals surface area contributed by atoms with Gasteiger partial charge in [0.05, 0.1) is 0 Å². The van der Waals surface area contributed by atoms with Gasteiger partial charge in [0.1, 0.15) is 0 Å². The highest BCUT2D eigenvalue weighted by molar-refractivity contribution is 4.82. The molecule has 1 aliphatic carbocycles. The zero-order valence-electron chi connectivity index (χ0n) is 8.06. The van der Waals surface area contributed by atoms with Crippen molar-refractivity contribution in [3.8, 4) is 0 Å². The molecule has 1 atom stereocenters. The summed E-state index contributed by atoms with van der Waals surface area (Å²) in [5.74, 6) is 0.948. The summed E-state index contributed by atoms with van der Waals surface area (Å²) in [6.07, 6.45) is 5.51. The number of nitrogens with two attached hydrogens (primary N) is 1. The predicted molar refractivity (Wildman–Crippen MR) is 49.4 cm³/mol. The molecule has 1 aliphatic rings. The molecule has 1 unspecified atom stereocenters. The Morgan fingerprint density at radius 1 is 1.36 bits per heavy atom. The second kappa shape index (κ2) is 3.14. The lowest BCUT2D eigenvalue weighted by atomic mass is 9.75. The Morgan fingerprint density at radius 3 is 2.18 bits per heavy atom. The molecule has 0 aromatic rings. The van der Waals surface area contributed by atoms with Crippen molar-refractivity contribution in [3.63, 3.8) is 0 Å². The van der Waals surface area contributed by atoms with Crippen LogP contribution in [0.2, 0.25) is 0 Å². The summed E-state index contributed by atoms with van der Waals surface area (Å²) in [6, 6.07) is 0.396. The third-order valence-corrected chi connectivity index (χ3v) is 2.92. The van der Waals surface area contributed by atoms with Gasteiger partial charge < -0.3 is 5.73 Å². The normalized spacial score (nSPS) is 22.9. The van der Waals surface area contributed by atoms with Crippen molar-refractivity contribution in [1.29, 1.82) is 0 Å². The minimum Gasteiger partial charge on any atom is -0.327 e. The van der Waals surface area contributed by atoms with Crippen LogP contribution < -0.4 is 5.73 Å². The maximum atomic E-state index is 6.06. The van der Waals surface area contributed by atoms with Crippen LogP contribution in [0.4, 0.5) is 0 Å². The van der Waals surface area contributed by atoms with Crippen LogP contribution >= 0.6 is 0 Å². The van der Waals surface area contributed by atoms with Crippen molar-refractivity contribution in [1.82, 2.24) is 0 Å². The van der Waals surface area contributed by atoms with Crippen molar-refractivity contribution in [3.05, 3.63) is 0 Å². The van der Waals surface area contributed by atoms with Crippen LogP contribution in [0.15, 0.2) is 0 Å². The largest absolute Gasteiger partial charge is 0.327 e. The van der Waals surface area contributed by atoms with Crippen LogP contribution in [-0.4, -0.2) is 6.04 Å². The average Bonchev–Trinajstić information content (AvgIpc) is 1.75. The molecule has 0 aliphatic heterocycles. The molecule has 0 aromatic carbocycles. The molecule has 0 heterocycles. The number of hydrogen-bond acceptors (Lipinski definition) is 1. The second-order valence-corrected chi connectivity index (χ2v) is 5.01. The van der Waals surface area contributed by atoms with Gasteiger partial charge in [0.15, 0.2) is 0 Å². The lowest BCUT2D eigenvalue weighted by Crippen LogP contribution is -2.37. The summed E-state index contributed by atoms with van der Waals surface area (Å²) in [4.78, 5) is 0. The van der Waals surface area contributed by atoms with Gasteiger partial charge in [0, 0.05) is 6.04 Å². The second-order valence-electron chi connectivity index (χ2n) is 5.01. The summed E-state index contributed by atoms with van der Waals surface area (Å²) in [6.45, 7) is 6.70. The first-order chi connectivity index (χ1) is 5.00. The molecule has 1 saturated carbocycles. The third-order valence-electron chi connectivity index (χ3n) is 2.92. The summed E-state index contributed by atoms with van der Waals surface area (Å²) in [5.41, 5.74) is 6.36. The Bertz CT molecular complexity index is 119. The molecule has 1 rings (SSSR count). The lowest BCUT2D eigenvalue weighted by Gasteiger charge is -2.34. The van der Waals surface area contributed by atoms with Crippen molar-refractivity contribution >= 4 is 0 Å². The highest BCUT2D eigenvalue weighted by Gasteiger charge is 2.26. The van der Waals surface area contributed by atoms with E-state index in [1.54, 1.807) is 0 Å². The van der Waals surface area contributed by atoms with E-state index in [4.69, 9.17) is 5.73 Å². The summed E-state index contributed by atoms with van der Waals surface area (Å²) >= 11 is 0. The van der Waals surface area contributed by atoms with Crippen LogP contribution in [0.5, 0.6) is 0 Å². The van der Waals surface area contributed by atoms with Crippen LogP contribution in [0.3, 0.4) is 0 Å². The quantitative estimate of drug-likeness (QED) is 0.651. The topological polar surface area (TPSA) is 26.0 Å². The Kier molecular flexibility index (Phi) is 2.58. The fourth-order valence-corrected chi connectivity index (χ4v) is 1.44. The van der Waals surface area contributed by atoms with Crippen molar-refractivity contribution < 1.29 is 0 Å². The van der Waals surface area contributed by atoms with Crippen molar-refractivity contribution in [2.45, 2.75) is 52.5 Å². The monoisotopic (exact) mass is 155 g/mol. The first kappa shape index (κ1) is 9.05. The first-order valence-corrected chi connectivity index (χ1v) is 4.76. The van der Waals surface area contributed by atoms with Gasteiger partial charge in [-0.3, -0.25) is 0 Å². The zero-order valence-corrected chi connectivity index (χ0v) is 8.06. The van der Waals surface area contributed by atoms with Crippen LogP contribution in [0, 0.1) is 11.3 Å². The molecular weight excluding hydrogens is 134 g/mol. The summed E-state index contributed by atoms with van der Waals surface area (Å²) in [7, 11) is 0. The Morgan fingerprint density at radius 2 is 1.91 bits per heavy atom. The van der Waals surface area contributed by atoms with E-state index >= 15 is 0 Å². The van der Waals surface area contributed by atoms with Gasteiger partial charge in [-0.2, -0.15) is 0 Å². The number of hydrogen-bond donors (Lipinski definition) is 1. The highest BCUT2D eigenvalue weighted by atomic mass is 14.7. The van der Waals surface area contributed by atoms with Crippen LogP contribution in [0.25, 0.3) is 0 Å². The maximum absolute atomic E-state index is 6.06. The predicted octanol–water partition coefficient (Wildman–Crippen LogP) is 2.55. The van der Waals surface area contributed by atoms with E-state index in [0.29, 0.717) is 11.5 Å². The van der Waals surface area contributed by atoms with E-state index in [1.807, 2.05) is 0 Å². The van der Waals surface area contributed by atoms with Gasteiger partial charge in [0.2, 0.25) is 0 Å². The molecule has 0 aromatic heterocycles. The van der Waals surface area contributed by atoms with Gasteiger partial charge in [-0.1, -0.05) is 40.0 Å². The molecule has 0 bridgehead atoms. The highest BCUT2D eigenvalue weighted by Crippen LogP contribution is 2.33. The molecule has 0 saturated heterocycles. The fourth-order valence-electron chi connectivity index (χ4n) is 1.44. The molecular formula is C10H21N. The lowest BCUT2D eigenvalue weighted by molar-refractivity contribution is 0.212. The van der Waals surface area contributed by atoms with Crippen LogP contribution in [-0.2, 0) is 0 Å². The molecule has 0 spiro atoms. The van der Waals surface area contributed by atoms with E-state index < -0.39 is 0 Å². The smallest absolute Gasteiger partial charge is 0.00902 e. The van der Waals surface area contributed by atoms with Gasteiger partial charge in [-0.05, 0) is 17.8 Å². The van der Waals surface area contributed by atoms with Gasteiger partial charge in [-0.25, -0.2) is 0 Å². The maximum Gasteiger partial charge on any atom is 0.00902 e. The number of rotatable bonds is 2. The first-order valence-electron chi connectivity index (χ1n) is 4.76. The molecule has 1 fully saturated rings. The van der Waals surface area contributed by atoms with Gasteiger partial charge in [0.25, 0.3) is 0 Å². The van der Waals surface area contributed by atoms with Crippen molar-refractivity contribution in [2.24, 2.45) is 17.1 Å². The minimum absolute atomic E-state index is 0.301. The SMILES string of the molecule is CC(C)(C)C(N)CC1CCC1. The molecule has 2 N–H and O–H groups in total. The average molecular weight is 155 g/mol. The van der Waals surface area contributed by atoms with Gasteiger partial charge >= 0.3 is 0 Å². The Balaban J connectivity index is 2.24. The fraction of sp³-hybridized carbons (Fsp3) is 1.00. The Labute approximate surface area is 70.4 Å². The van der Waals surface area contributed by atoms with E-state index in [9.17, 15) is 0 Å². The van der Waals surface area contributed by atoms with E-state index in [2.05, 4.69) is 20.8 Å². The van der Waals surface area contributed by atoms with Gasteiger partial charge in [-0.15, -0.1) is 0 Å². The molecule has 1 nitrogen and oxygen atoms in total. The van der Waals surface area contributed by atoms with Crippen molar-refractivity contribution in [2.75, 3.05) is 0 Å². The standard InChI is InChI=1S/C10H21N/c1-10(2,3)9(11)7-8-5-4-6-8/h8-9H,4-7,11H2,1-3H3. The molecule has 0 amide bonds. The minimum atomic E-state index is 0.301. The molecule has 66 valence electrons. The molecule has 1 heteroatoms. The van der Waals surface area contributed by atoms with E-state index in [-0.39, 0.29) is 0 Å². The summed E-state index contributed by atoms with van der Waals surface area (Å²) in [5, 5.41) is 0. The molecule has 11 heavy (non-hydrogen) atoms. The van der Waals surface area contributed by atoms with E-state index in [1.165, 1.54) is 25.7 Å². The van der Waals surface area contributed by atoms with E-state index in [0.717, 1.165) is 5.92 Å². The molecule has 0 radical (unpaired) electrons. The summed E-state index contributed by atoms with van der Waals surface area (Å²) < 4.78 is 0. The third kappa shape index (κ3) is 2.48. The van der Waals surface area contributed by atoms with Crippen LogP contribution in [0.1, 0.15) is 46.5 Å².